The first-order valence-electron chi connectivity index (χ1n) is 11.6. The van der Waals surface area contributed by atoms with Gasteiger partial charge in [-0.3, -0.25) is 4.79 Å². The Hall–Kier alpha value is -3.04. The van der Waals surface area contributed by atoms with E-state index in [1.165, 1.54) is 0 Å². The smallest absolute Gasteiger partial charge is 0.344 e. The van der Waals surface area contributed by atoms with Crippen molar-refractivity contribution in [3.05, 3.63) is 74.3 Å². The fraction of sp³-hybridized carbons (Fsp3) is 0.296. The van der Waals surface area contributed by atoms with Gasteiger partial charge in [-0.15, -0.1) is 0 Å². The standard InChI is InChI=1S/C27H28BrNO6S/c1-4-10-22(30)29-26-23(27(32)34-6-3)24(31)21(36-26)15-18-13-19(28)25(20(14-18)33-5-2)35-16-17-11-8-7-9-12-17/h7-9,11-15,31H,4-6,10,16H2,1-3H3/b21-15-,29-26?. The van der Waals surface area contributed by atoms with E-state index in [-0.39, 0.29) is 35.3 Å². The van der Waals surface area contributed by atoms with Crippen LogP contribution in [-0.2, 0) is 20.9 Å². The summed E-state index contributed by atoms with van der Waals surface area (Å²) in [7, 11) is 0. The first-order valence-corrected chi connectivity index (χ1v) is 13.2. The number of hydrogen-bond donors (Lipinski definition) is 1. The molecular formula is C27H28BrNO6S. The van der Waals surface area contributed by atoms with E-state index >= 15 is 0 Å². The lowest BCUT2D eigenvalue weighted by molar-refractivity contribution is -0.138. The Morgan fingerprint density at radius 3 is 2.50 bits per heavy atom. The molecule has 0 saturated carbocycles. The lowest BCUT2D eigenvalue weighted by atomic mass is 10.1. The summed E-state index contributed by atoms with van der Waals surface area (Å²) in [6, 6.07) is 13.4. The molecule has 0 saturated heterocycles. The van der Waals surface area contributed by atoms with Gasteiger partial charge >= 0.3 is 5.97 Å². The molecule has 3 rings (SSSR count). The number of carbonyl (C=O) groups excluding carboxylic acids is 2. The van der Waals surface area contributed by atoms with Crippen LogP contribution < -0.4 is 9.47 Å². The van der Waals surface area contributed by atoms with Gasteiger partial charge in [-0.05, 0) is 65.5 Å². The number of hydrogen-bond acceptors (Lipinski definition) is 7. The first-order chi connectivity index (χ1) is 17.4. The molecule has 190 valence electrons. The van der Waals surface area contributed by atoms with Crippen LogP contribution in [0.5, 0.6) is 11.5 Å². The third-order valence-corrected chi connectivity index (χ3v) is 6.52. The second kappa shape index (κ2) is 13.3. The van der Waals surface area contributed by atoms with Crippen molar-refractivity contribution in [1.29, 1.82) is 0 Å². The molecule has 36 heavy (non-hydrogen) atoms. The Labute approximate surface area is 223 Å². The van der Waals surface area contributed by atoms with Crippen LogP contribution in [0.15, 0.2) is 68.2 Å². The number of aliphatic hydroxyl groups is 1. The molecule has 2 aromatic rings. The van der Waals surface area contributed by atoms with Crippen LogP contribution in [-0.4, -0.2) is 35.2 Å². The Balaban J connectivity index is 1.96. The largest absolute Gasteiger partial charge is 0.506 e. The van der Waals surface area contributed by atoms with Gasteiger partial charge in [0.05, 0.1) is 22.6 Å². The van der Waals surface area contributed by atoms with Crippen LogP contribution in [0.1, 0.15) is 44.7 Å². The maximum absolute atomic E-state index is 12.5. The molecule has 1 amide bonds. The second-order valence-corrected chi connectivity index (χ2v) is 9.54. The molecule has 1 heterocycles. The number of esters is 1. The molecule has 0 bridgehead atoms. The monoisotopic (exact) mass is 573 g/mol. The molecule has 1 aliphatic rings. The lowest BCUT2D eigenvalue weighted by Crippen LogP contribution is -2.14. The van der Waals surface area contributed by atoms with E-state index in [1.807, 2.05) is 50.2 Å². The highest BCUT2D eigenvalue weighted by atomic mass is 79.9. The van der Waals surface area contributed by atoms with Crippen molar-refractivity contribution in [2.75, 3.05) is 13.2 Å². The number of thioether (sulfide) groups is 1. The number of aliphatic hydroxyl groups excluding tert-OH is 1. The average molecular weight is 574 g/mol. The number of amides is 1. The number of benzene rings is 2. The Kier molecular flexibility index (Phi) is 10.2. The van der Waals surface area contributed by atoms with Gasteiger partial charge < -0.3 is 19.3 Å². The predicted molar refractivity (Wildman–Crippen MR) is 145 cm³/mol. The molecule has 0 radical (unpaired) electrons. The maximum Gasteiger partial charge on any atom is 0.344 e. The summed E-state index contributed by atoms with van der Waals surface area (Å²) < 4.78 is 17.6. The fourth-order valence-corrected chi connectivity index (χ4v) is 4.94. The normalized spacial score (nSPS) is 15.4. The van der Waals surface area contributed by atoms with Gasteiger partial charge in [0.1, 0.15) is 23.0 Å². The summed E-state index contributed by atoms with van der Waals surface area (Å²) in [6.07, 6.45) is 2.57. The third-order valence-electron chi connectivity index (χ3n) is 4.92. The molecule has 0 spiro atoms. The van der Waals surface area contributed by atoms with E-state index < -0.39 is 5.97 Å². The molecule has 2 aromatic carbocycles. The highest BCUT2D eigenvalue weighted by Crippen LogP contribution is 2.42. The Bertz CT molecular complexity index is 1210. The van der Waals surface area contributed by atoms with E-state index in [1.54, 1.807) is 19.1 Å². The highest BCUT2D eigenvalue weighted by molar-refractivity contribution is 9.10. The number of aliphatic imine (C=N–C) groups is 1. The van der Waals surface area contributed by atoms with Crippen molar-refractivity contribution in [3.63, 3.8) is 0 Å². The highest BCUT2D eigenvalue weighted by Gasteiger charge is 2.33. The van der Waals surface area contributed by atoms with Crippen LogP contribution in [0.2, 0.25) is 0 Å². The van der Waals surface area contributed by atoms with Gasteiger partial charge in [0.15, 0.2) is 11.5 Å². The summed E-state index contributed by atoms with van der Waals surface area (Å²) in [5.41, 5.74) is 1.60. The third kappa shape index (κ3) is 7.01. The molecule has 0 unspecified atom stereocenters. The molecule has 9 heteroatoms. The summed E-state index contributed by atoms with van der Waals surface area (Å²) in [4.78, 5) is 29.1. The molecule has 0 atom stereocenters. The molecule has 7 nitrogen and oxygen atoms in total. The summed E-state index contributed by atoms with van der Waals surface area (Å²) in [5, 5.41) is 11.0. The van der Waals surface area contributed by atoms with E-state index in [0.717, 1.165) is 17.3 Å². The Morgan fingerprint density at radius 1 is 1.08 bits per heavy atom. The average Bonchev–Trinajstić information content (AvgIpc) is 3.14. The van der Waals surface area contributed by atoms with E-state index in [2.05, 4.69) is 20.9 Å². The molecular weight excluding hydrogens is 546 g/mol. The minimum absolute atomic E-state index is 0.107. The predicted octanol–water partition coefficient (Wildman–Crippen LogP) is 6.61. The topological polar surface area (TPSA) is 94.4 Å². The summed E-state index contributed by atoms with van der Waals surface area (Å²) >= 11 is 4.61. The van der Waals surface area contributed by atoms with Crippen LogP contribution >= 0.6 is 27.7 Å². The Morgan fingerprint density at radius 2 is 1.83 bits per heavy atom. The molecule has 1 N–H and O–H groups in total. The van der Waals surface area contributed by atoms with Crippen molar-refractivity contribution >= 4 is 50.7 Å². The second-order valence-electron chi connectivity index (χ2n) is 7.65. The van der Waals surface area contributed by atoms with Crippen LogP contribution in [0.25, 0.3) is 6.08 Å². The van der Waals surface area contributed by atoms with Crippen molar-refractivity contribution in [2.24, 2.45) is 4.99 Å². The number of halogens is 1. The number of rotatable bonds is 10. The summed E-state index contributed by atoms with van der Waals surface area (Å²) in [5.74, 6) is -0.285. The number of carbonyl (C=O) groups is 2. The summed E-state index contributed by atoms with van der Waals surface area (Å²) in [6.45, 7) is 6.34. The van der Waals surface area contributed by atoms with Crippen LogP contribution in [0.4, 0.5) is 0 Å². The first kappa shape index (κ1) is 27.5. The van der Waals surface area contributed by atoms with Crippen molar-refractivity contribution in [2.45, 2.75) is 40.2 Å². The molecule has 0 fully saturated rings. The minimum Gasteiger partial charge on any atom is -0.506 e. The number of nitrogens with zero attached hydrogens (tertiary/aromatic N) is 1. The minimum atomic E-state index is -0.727. The van der Waals surface area contributed by atoms with Crippen molar-refractivity contribution in [1.82, 2.24) is 0 Å². The van der Waals surface area contributed by atoms with E-state index in [4.69, 9.17) is 14.2 Å². The van der Waals surface area contributed by atoms with E-state index in [9.17, 15) is 14.7 Å². The lowest BCUT2D eigenvalue weighted by Gasteiger charge is -2.15. The van der Waals surface area contributed by atoms with Crippen molar-refractivity contribution in [3.8, 4) is 11.5 Å². The van der Waals surface area contributed by atoms with Gasteiger partial charge in [0.25, 0.3) is 0 Å². The van der Waals surface area contributed by atoms with E-state index in [0.29, 0.717) is 46.1 Å². The van der Waals surface area contributed by atoms with Crippen LogP contribution in [0.3, 0.4) is 0 Å². The van der Waals surface area contributed by atoms with Gasteiger partial charge in [0, 0.05) is 6.42 Å². The maximum atomic E-state index is 12.5. The van der Waals surface area contributed by atoms with Crippen LogP contribution in [0, 0.1) is 0 Å². The zero-order valence-electron chi connectivity index (χ0n) is 20.4. The van der Waals surface area contributed by atoms with Gasteiger partial charge in [-0.2, -0.15) is 0 Å². The molecule has 0 aliphatic carbocycles. The fourth-order valence-electron chi connectivity index (χ4n) is 3.33. The van der Waals surface area contributed by atoms with Crippen molar-refractivity contribution < 1.29 is 28.9 Å². The zero-order chi connectivity index (χ0) is 26.1. The SMILES string of the molecule is CCCC(=O)N=C1S/C(=C\c2cc(Br)c(OCc3ccccc3)c(OCC)c2)C(O)=C1C(=O)OCC. The molecule has 0 aromatic heterocycles. The van der Waals surface area contributed by atoms with Gasteiger partial charge in [0.2, 0.25) is 5.91 Å². The zero-order valence-corrected chi connectivity index (χ0v) is 22.8. The van der Waals surface area contributed by atoms with Gasteiger partial charge in [-0.1, -0.05) is 49.0 Å². The quantitative estimate of drug-likeness (QED) is 0.319. The number of ether oxygens (including phenoxy) is 3. The van der Waals surface area contributed by atoms with Gasteiger partial charge in [-0.25, -0.2) is 9.79 Å². The molecule has 1 aliphatic heterocycles.